The number of hydrogen-bond acceptors (Lipinski definition) is 4. The molecule has 0 spiro atoms. The normalized spacial score (nSPS) is 12.6. The van der Waals surface area contributed by atoms with Crippen molar-refractivity contribution in [3.05, 3.63) is 21.2 Å². The molecule has 1 rings (SSSR count). The van der Waals surface area contributed by atoms with Gasteiger partial charge in [-0.05, 0) is 22.0 Å². The summed E-state index contributed by atoms with van der Waals surface area (Å²) >= 11 is 5.82. The first kappa shape index (κ1) is 13.7. The number of hydrogen-bond donors (Lipinski definition) is 0. The van der Waals surface area contributed by atoms with Crippen LogP contribution < -0.4 is 4.18 Å². The minimum absolute atomic E-state index is 0.134. The number of aromatic nitrogens is 1. The van der Waals surface area contributed by atoms with Crippen molar-refractivity contribution in [1.29, 1.82) is 0 Å². The van der Waals surface area contributed by atoms with E-state index in [2.05, 4.69) is 41.0 Å². The molecule has 0 saturated heterocycles. The van der Waals surface area contributed by atoms with E-state index in [1.165, 1.54) is 6.07 Å². The molecule has 1 aromatic rings. The summed E-state index contributed by atoms with van der Waals surface area (Å²) in [6, 6.07) is 2.40. The lowest BCUT2D eigenvalue weighted by Crippen LogP contribution is -2.28. The molecule has 90 valence electrons. The van der Waals surface area contributed by atoms with Gasteiger partial charge < -0.3 is 4.18 Å². The summed E-state index contributed by atoms with van der Waals surface area (Å²) in [5.74, 6) is -0.682. The molecule has 0 aliphatic rings. The maximum absolute atomic E-state index is 12.0. The molecule has 0 radical (unpaired) electrons. The van der Waals surface area contributed by atoms with Crippen LogP contribution >= 0.6 is 31.9 Å². The first-order valence-corrected chi connectivity index (χ1v) is 6.45. The Bertz CT molecular complexity index is 482. The van der Waals surface area contributed by atoms with Crippen molar-refractivity contribution >= 4 is 42.0 Å². The fourth-order valence-electron chi connectivity index (χ4n) is 0.646. The largest absolute Gasteiger partial charge is 0.534 e. The van der Waals surface area contributed by atoms with Crippen molar-refractivity contribution in [2.45, 2.75) is 5.51 Å². The molecule has 0 saturated carbocycles. The van der Waals surface area contributed by atoms with Gasteiger partial charge in [0.2, 0.25) is 5.88 Å². The molecule has 0 atom stereocenters. The fraction of sp³-hybridized carbons (Fsp3) is 0.167. The average molecular weight is 385 g/mol. The van der Waals surface area contributed by atoms with Crippen LogP contribution in [0.25, 0.3) is 0 Å². The quantitative estimate of drug-likeness (QED) is 0.447. The van der Waals surface area contributed by atoms with Crippen molar-refractivity contribution in [3.8, 4) is 5.88 Å². The van der Waals surface area contributed by atoms with Gasteiger partial charge in [-0.2, -0.15) is 21.6 Å². The summed E-state index contributed by atoms with van der Waals surface area (Å²) in [5.41, 5.74) is -5.48. The Balaban J connectivity index is 3.07. The Morgan fingerprint density at radius 1 is 1.25 bits per heavy atom. The smallest absolute Gasteiger partial charge is 0.355 e. The zero-order chi connectivity index (χ0) is 12.6. The Labute approximate surface area is 105 Å². The van der Waals surface area contributed by atoms with Crippen LogP contribution in [0.15, 0.2) is 21.2 Å². The molecule has 0 bridgehead atoms. The van der Waals surface area contributed by atoms with E-state index in [1.807, 2.05) is 0 Å². The van der Waals surface area contributed by atoms with Crippen molar-refractivity contribution in [2.75, 3.05) is 0 Å². The molecule has 4 nitrogen and oxygen atoms in total. The molecule has 0 aliphatic carbocycles. The maximum Gasteiger partial charge on any atom is 0.534 e. The number of nitrogens with zero attached hydrogens (tertiary/aromatic N) is 1. The third-order valence-electron chi connectivity index (χ3n) is 1.21. The van der Waals surface area contributed by atoms with Crippen LogP contribution in [-0.4, -0.2) is 18.9 Å². The van der Waals surface area contributed by atoms with Gasteiger partial charge in [0.05, 0.1) is 0 Å². The van der Waals surface area contributed by atoms with Crippen molar-refractivity contribution in [3.63, 3.8) is 0 Å². The van der Waals surface area contributed by atoms with Crippen LogP contribution in [-0.2, 0) is 10.1 Å². The van der Waals surface area contributed by atoms with Gasteiger partial charge in [0, 0.05) is 10.5 Å². The van der Waals surface area contributed by atoms with Crippen LogP contribution in [0.2, 0.25) is 0 Å². The fourth-order valence-corrected chi connectivity index (χ4v) is 2.19. The second kappa shape index (κ2) is 4.49. The van der Waals surface area contributed by atoms with E-state index in [-0.39, 0.29) is 4.60 Å². The first-order chi connectivity index (χ1) is 7.12. The third-order valence-corrected chi connectivity index (χ3v) is 3.04. The molecule has 1 aromatic heterocycles. The SMILES string of the molecule is O=S(=O)(Oc1cc(Br)cc(Br)n1)C(F)(F)F. The van der Waals surface area contributed by atoms with E-state index < -0.39 is 21.5 Å². The van der Waals surface area contributed by atoms with Gasteiger partial charge in [-0.15, -0.1) is 0 Å². The third kappa shape index (κ3) is 3.32. The predicted molar refractivity (Wildman–Crippen MR) is 55.2 cm³/mol. The van der Waals surface area contributed by atoms with E-state index in [0.29, 0.717) is 4.47 Å². The van der Waals surface area contributed by atoms with Gasteiger partial charge in [-0.25, -0.2) is 4.98 Å². The number of pyridine rings is 1. The Morgan fingerprint density at radius 3 is 2.25 bits per heavy atom. The van der Waals surface area contributed by atoms with E-state index in [1.54, 1.807) is 0 Å². The molecule has 1 heterocycles. The molecule has 0 amide bonds. The summed E-state index contributed by atoms with van der Waals surface area (Å²) in [6.45, 7) is 0. The summed E-state index contributed by atoms with van der Waals surface area (Å²) in [6.07, 6.45) is 0. The van der Waals surface area contributed by atoms with Crippen LogP contribution in [0.3, 0.4) is 0 Å². The van der Waals surface area contributed by atoms with E-state index in [9.17, 15) is 21.6 Å². The Hall–Kier alpha value is -0.350. The lowest BCUT2D eigenvalue weighted by Gasteiger charge is -2.08. The van der Waals surface area contributed by atoms with Crippen molar-refractivity contribution < 1.29 is 25.8 Å². The van der Waals surface area contributed by atoms with E-state index in [0.717, 1.165) is 6.07 Å². The molecular formula is C6H2Br2F3NO3S. The summed E-state index contributed by atoms with van der Waals surface area (Å²) in [5, 5.41) is 0. The summed E-state index contributed by atoms with van der Waals surface area (Å²) in [4.78, 5) is 3.42. The van der Waals surface area contributed by atoms with Crippen LogP contribution in [0.4, 0.5) is 13.2 Å². The maximum atomic E-state index is 12.0. The minimum Gasteiger partial charge on any atom is -0.355 e. The zero-order valence-corrected chi connectivity index (χ0v) is 11.1. The molecule has 16 heavy (non-hydrogen) atoms. The van der Waals surface area contributed by atoms with Gasteiger partial charge in [0.15, 0.2) is 0 Å². The average Bonchev–Trinajstić information content (AvgIpc) is 1.97. The van der Waals surface area contributed by atoms with Crippen molar-refractivity contribution in [2.24, 2.45) is 0 Å². The highest BCUT2D eigenvalue weighted by atomic mass is 79.9. The highest BCUT2D eigenvalue weighted by Crippen LogP contribution is 2.28. The highest BCUT2D eigenvalue weighted by molar-refractivity contribution is 9.11. The molecule has 0 aliphatic heterocycles. The van der Waals surface area contributed by atoms with Gasteiger partial charge in [-0.3, -0.25) is 0 Å². The molecule has 0 aromatic carbocycles. The number of rotatable bonds is 2. The van der Waals surface area contributed by atoms with Gasteiger partial charge in [-0.1, -0.05) is 15.9 Å². The van der Waals surface area contributed by atoms with E-state index in [4.69, 9.17) is 0 Å². The molecule has 0 unspecified atom stereocenters. The Morgan fingerprint density at radius 2 is 1.81 bits per heavy atom. The molecule has 0 N–H and O–H groups in total. The zero-order valence-electron chi connectivity index (χ0n) is 7.12. The Kier molecular flexibility index (Phi) is 3.85. The van der Waals surface area contributed by atoms with E-state index >= 15 is 0 Å². The summed E-state index contributed by atoms with van der Waals surface area (Å²) < 4.78 is 61.4. The van der Waals surface area contributed by atoms with Crippen LogP contribution in [0.1, 0.15) is 0 Å². The van der Waals surface area contributed by atoms with Crippen molar-refractivity contribution in [1.82, 2.24) is 4.98 Å². The standard InChI is InChI=1S/C6H2Br2F3NO3S/c7-3-1-4(8)12-5(2-3)15-16(13,14)6(9,10)11/h1-2H. The number of halogens is 5. The summed E-state index contributed by atoms with van der Waals surface area (Å²) in [7, 11) is -5.69. The number of alkyl halides is 3. The second-order valence-electron chi connectivity index (χ2n) is 2.43. The lowest BCUT2D eigenvalue weighted by atomic mass is 10.5. The first-order valence-electron chi connectivity index (χ1n) is 3.46. The predicted octanol–water partition coefficient (Wildman–Crippen LogP) is 2.83. The second-order valence-corrected chi connectivity index (χ2v) is 5.70. The monoisotopic (exact) mass is 383 g/mol. The van der Waals surface area contributed by atoms with Crippen LogP contribution in [0, 0.1) is 0 Å². The topological polar surface area (TPSA) is 56.3 Å². The highest BCUT2D eigenvalue weighted by Gasteiger charge is 2.48. The molecule has 0 fully saturated rings. The molecular weight excluding hydrogens is 383 g/mol. The van der Waals surface area contributed by atoms with Crippen LogP contribution in [0.5, 0.6) is 5.88 Å². The molecule has 10 heteroatoms. The van der Waals surface area contributed by atoms with Gasteiger partial charge in [0.1, 0.15) is 4.60 Å². The van der Waals surface area contributed by atoms with Gasteiger partial charge in [0.25, 0.3) is 0 Å². The minimum atomic E-state index is -5.69. The lowest BCUT2D eigenvalue weighted by molar-refractivity contribution is -0.0501. The van der Waals surface area contributed by atoms with Gasteiger partial charge >= 0.3 is 15.6 Å².